The topological polar surface area (TPSA) is 50.3 Å². The van der Waals surface area contributed by atoms with Crippen LogP contribution in [0, 0.1) is 5.82 Å². The molecule has 2 aliphatic rings. The first kappa shape index (κ1) is 16.0. The molecular weight excluding hydrogens is 303 g/mol. The van der Waals surface area contributed by atoms with Gasteiger partial charge in [-0.3, -0.25) is 4.90 Å². The molecular formula is C15H23FN4OS. The molecule has 1 atom stereocenters. The molecule has 0 amide bonds. The molecule has 1 unspecified atom stereocenters. The summed E-state index contributed by atoms with van der Waals surface area (Å²) in [5, 5.41) is 3.25. The Morgan fingerprint density at radius 1 is 1.41 bits per heavy atom. The lowest BCUT2D eigenvalue weighted by Crippen LogP contribution is -2.57. The Kier molecular flexibility index (Phi) is 5.15. The molecule has 2 fully saturated rings. The van der Waals surface area contributed by atoms with Gasteiger partial charge in [-0.15, -0.1) is 0 Å². The molecule has 2 saturated heterocycles. The number of aromatic nitrogens is 2. The first-order valence-electron chi connectivity index (χ1n) is 7.89. The molecule has 0 aliphatic carbocycles. The van der Waals surface area contributed by atoms with E-state index in [4.69, 9.17) is 4.74 Å². The first-order chi connectivity index (χ1) is 10.7. The number of morpholine rings is 1. The van der Waals surface area contributed by atoms with Gasteiger partial charge in [-0.05, 0) is 18.6 Å². The minimum atomic E-state index is -0.312. The molecule has 0 aromatic carbocycles. The van der Waals surface area contributed by atoms with Crippen molar-refractivity contribution in [1.82, 2.24) is 14.9 Å². The quantitative estimate of drug-likeness (QED) is 0.890. The van der Waals surface area contributed by atoms with Gasteiger partial charge in [-0.25, -0.2) is 14.4 Å². The smallest absolute Gasteiger partial charge is 0.186 e. The predicted octanol–water partition coefficient (Wildman–Crippen LogP) is 1.80. The number of rotatable bonds is 5. The summed E-state index contributed by atoms with van der Waals surface area (Å²) in [6, 6.07) is 0. The molecule has 0 bridgehead atoms. The van der Waals surface area contributed by atoms with Crippen molar-refractivity contribution < 1.29 is 9.13 Å². The Bertz CT molecular complexity index is 504. The minimum absolute atomic E-state index is 0.0816. The van der Waals surface area contributed by atoms with Crippen molar-refractivity contribution in [2.45, 2.75) is 25.3 Å². The summed E-state index contributed by atoms with van der Waals surface area (Å²) < 4.78 is 19.8. The average Bonchev–Trinajstić information content (AvgIpc) is 3.05. The molecule has 0 radical (unpaired) electrons. The highest BCUT2D eigenvalue weighted by Crippen LogP contribution is 2.34. The van der Waals surface area contributed by atoms with Crippen molar-refractivity contribution in [3.63, 3.8) is 0 Å². The number of aryl methyl sites for hydroxylation is 1. The van der Waals surface area contributed by atoms with Gasteiger partial charge in [0, 0.05) is 30.9 Å². The number of hydrogen-bond donors (Lipinski definition) is 1. The highest BCUT2D eigenvalue weighted by atomic mass is 32.2. The van der Waals surface area contributed by atoms with Crippen molar-refractivity contribution >= 4 is 17.6 Å². The lowest BCUT2D eigenvalue weighted by Gasteiger charge is -2.43. The van der Waals surface area contributed by atoms with Crippen LogP contribution in [0.15, 0.2) is 6.33 Å². The number of ether oxygens (including phenoxy) is 1. The van der Waals surface area contributed by atoms with E-state index in [1.807, 2.05) is 18.7 Å². The fraction of sp³-hybridized carbons (Fsp3) is 0.733. The summed E-state index contributed by atoms with van der Waals surface area (Å²) in [6.45, 7) is 6.10. The van der Waals surface area contributed by atoms with Crippen LogP contribution in [0.1, 0.15) is 19.0 Å². The highest BCUT2D eigenvalue weighted by Gasteiger charge is 2.40. The van der Waals surface area contributed by atoms with Crippen LogP contribution in [0.25, 0.3) is 0 Å². The van der Waals surface area contributed by atoms with E-state index in [9.17, 15) is 4.39 Å². The molecule has 7 heteroatoms. The largest absolute Gasteiger partial charge is 0.379 e. The van der Waals surface area contributed by atoms with Gasteiger partial charge in [0.1, 0.15) is 6.33 Å². The van der Waals surface area contributed by atoms with E-state index >= 15 is 0 Å². The molecule has 22 heavy (non-hydrogen) atoms. The molecule has 2 aliphatic heterocycles. The van der Waals surface area contributed by atoms with Crippen LogP contribution in [0.5, 0.6) is 0 Å². The second-order valence-electron chi connectivity index (χ2n) is 5.82. The molecule has 1 aromatic heterocycles. The van der Waals surface area contributed by atoms with Crippen molar-refractivity contribution in [2.75, 3.05) is 49.7 Å². The first-order valence-corrected chi connectivity index (χ1v) is 9.04. The number of nitrogens with one attached hydrogen (secondary N) is 1. The lowest BCUT2D eigenvalue weighted by molar-refractivity contribution is -0.00924. The van der Waals surface area contributed by atoms with Crippen LogP contribution in [0.4, 0.5) is 10.2 Å². The Morgan fingerprint density at radius 3 is 2.91 bits per heavy atom. The third-order valence-electron chi connectivity index (χ3n) is 4.55. The van der Waals surface area contributed by atoms with E-state index in [-0.39, 0.29) is 11.4 Å². The number of hydrogen-bond acceptors (Lipinski definition) is 6. The third-order valence-corrected chi connectivity index (χ3v) is 5.78. The Hall–Kier alpha value is -0.920. The summed E-state index contributed by atoms with van der Waals surface area (Å²) in [6.07, 6.45) is 3.14. The highest BCUT2D eigenvalue weighted by molar-refractivity contribution is 7.99. The molecule has 1 N–H and O–H groups in total. The summed E-state index contributed by atoms with van der Waals surface area (Å²) in [4.78, 5) is 10.6. The van der Waals surface area contributed by atoms with Crippen LogP contribution in [-0.2, 0) is 11.2 Å². The standard InChI is InChI=1S/C15H23FN4OS/c1-2-12-13(16)14(19-11-18-12)17-9-15(3-8-22-10-15)20-4-6-21-7-5-20/h11H,2-10H2,1H3,(H,17,18,19). The summed E-state index contributed by atoms with van der Waals surface area (Å²) in [5.41, 5.74) is 0.553. The number of anilines is 1. The van der Waals surface area contributed by atoms with E-state index in [1.54, 1.807) is 0 Å². The van der Waals surface area contributed by atoms with E-state index in [0.717, 1.165) is 50.8 Å². The number of halogens is 1. The molecule has 0 saturated carbocycles. The van der Waals surface area contributed by atoms with Crippen molar-refractivity contribution in [1.29, 1.82) is 0 Å². The predicted molar refractivity (Wildman–Crippen MR) is 86.9 cm³/mol. The summed E-state index contributed by atoms with van der Waals surface area (Å²) in [7, 11) is 0. The summed E-state index contributed by atoms with van der Waals surface area (Å²) >= 11 is 1.97. The molecule has 5 nitrogen and oxygen atoms in total. The maximum absolute atomic E-state index is 14.3. The molecule has 122 valence electrons. The molecule has 3 heterocycles. The second kappa shape index (κ2) is 7.10. The van der Waals surface area contributed by atoms with Gasteiger partial charge in [-0.2, -0.15) is 11.8 Å². The third kappa shape index (κ3) is 3.21. The zero-order valence-electron chi connectivity index (χ0n) is 13.0. The number of thioether (sulfide) groups is 1. The van der Waals surface area contributed by atoms with Gasteiger partial charge in [0.05, 0.1) is 18.9 Å². The van der Waals surface area contributed by atoms with Gasteiger partial charge in [-0.1, -0.05) is 6.92 Å². The van der Waals surface area contributed by atoms with Crippen LogP contribution in [0.3, 0.4) is 0 Å². The van der Waals surface area contributed by atoms with Crippen molar-refractivity contribution in [2.24, 2.45) is 0 Å². The maximum Gasteiger partial charge on any atom is 0.186 e. The van der Waals surface area contributed by atoms with Gasteiger partial charge in [0.15, 0.2) is 11.6 Å². The van der Waals surface area contributed by atoms with Gasteiger partial charge < -0.3 is 10.1 Å². The van der Waals surface area contributed by atoms with Crippen LogP contribution < -0.4 is 5.32 Å². The Labute approximate surface area is 135 Å². The SMILES string of the molecule is CCc1ncnc(NCC2(N3CCOCC3)CCSC2)c1F. The monoisotopic (exact) mass is 326 g/mol. The molecule has 1 aromatic rings. The van der Waals surface area contributed by atoms with E-state index < -0.39 is 0 Å². The van der Waals surface area contributed by atoms with E-state index in [2.05, 4.69) is 20.2 Å². The fourth-order valence-electron chi connectivity index (χ4n) is 3.16. The zero-order valence-corrected chi connectivity index (χ0v) is 13.8. The van der Waals surface area contributed by atoms with Gasteiger partial charge in [0.25, 0.3) is 0 Å². The normalized spacial score (nSPS) is 26.3. The van der Waals surface area contributed by atoms with E-state index in [0.29, 0.717) is 17.9 Å². The van der Waals surface area contributed by atoms with Crippen molar-refractivity contribution in [3.05, 3.63) is 17.8 Å². The minimum Gasteiger partial charge on any atom is -0.379 e. The van der Waals surface area contributed by atoms with Gasteiger partial charge >= 0.3 is 0 Å². The lowest BCUT2D eigenvalue weighted by atomic mass is 9.95. The average molecular weight is 326 g/mol. The van der Waals surface area contributed by atoms with Gasteiger partial charge in [0.2, 0.25) is 0 Å². The van der Waals surface area contributed by atoms with Crippen LogP contribution in [0.2, 0.25) is 0 Å². The van der Waals surface area contributed by atoms with E-state index in [1.165, 1.54) is 6.33 Å². The summed E-state index contributed by atoms with van der Waals surface area (Å²) in [5.74, 6) is 2.25. The Balaban J connectivity index is 1.72. The van der Waals surface area contributed by atoms with Crippen LogP contribution >= 0.6 is 11.8 Å². The van der Waals surface area contributed by atoms with Crippen molar-refractivity contribution in [3.8, 4) is 0 Å². The molecule has 0 spiro atoms. The Morgan fingerprint density at radius 2 is 2.23 bits per heavy atom. The molecule has 3 rings (SSSR count). The number of nitrogens with zero attached hydrogens (tertiary/aromatic N) is 3. The zero-order chi connectivity index (χ0) is 15.4. The maximum atomic E-state index is 14.3. The second-order valence-corrected chi connectivity index (χ2v) is 6.92. The van der Waals surface area contributed by atoms with Crippen LogP contribution in [-0.4, -0.2) is 64.8 Å². The fourth-order valence-corrected chi connectivity index (χ4v) is 4.64.